The van der Waals surface area contributed by atoms with Crippen molar-refractivity contribution in [3.63, 3.8) is 0 Å². The van der Waals surface area contributed by atoms with Crippen molar-refractivity contribution in [1.82, 2.24) is 0 Å². The van der Waals surface area contributed by atoms with E-state index in [2.05, 4.69) is 0 Å². The first-order chi connectivity index (χ1) is 3.41. The zero-order chi connectivity index (χ0) is 7.21. The van der Waals surface area contributed by atoms with E-state index >= 15 is 0 Å². The molecule has 0 saturated carbocycles. The first kappa shape index (κ1) is 16.3. The maximum atomic E-state index is 8.88. The summed E-state index contributed by atoms with van der Waals surface area (Å²) in [5.41, 5.74) is 0. The Morgan fingerprint density at radius 1 is 1.33 bits per heavy atom. The van der Waals surface area contributed by atoms with E-state index in [1.165, 1.54) is 0 Å². The molecule has 0 heterocycles. The van der Waals surface area contributed by atoms with Crippen LogP contribution in [-0.2, 0) is 4.57 Å². The number of nitrogens with one attached hydrogen (secondary N) is 1. The molecule has 9 heteroatoms. The quantitative estimate of drug-likeness (QED) is 0.130. The van der Waals surface area contributed by atoms with Crippen molar-refractivity contribution in [2.24, 2.45) is 0 Å². The summed E-state index contributed by atoms with van der Waals surface area (Å²) in [7, 11) is -4.64. The van der Waals surface area contributed by atoms with Crippen LogP contribution in [0.15, 0.2) is 0 Å². The van der Waals surface area contributed by atoms with Crippen LogP contribution in [0.2, 0.25) is 0 Å². The van der Waals surface area contributed by atoms with Crippen LogP contribution in [0, 0.1) is 10.1 Å². The van der Waals surface area contributed by atoms with Gasteiger partial charge in [0.25, 0.3) is 0 Å². The van der Waals surface area contributed by atoms with E-state index in [0.29, 0.717) is 0 Å². The zero-order valence-corrected chi connectivity index (χ0v) is 4.41. The van der Waals surface area contributed by atoms with Crippen molar-refractivity contribution >= 4 is 37.4 Å². The van der Waals surface area contributed by atoms with Gasteiger partial charge in [0.1, 0.15) is 0 Å². The molecule has 0 radical (unpaired) electrons. The van der Waals surface area contributed by atoms with Crippen LogP contribution in [0.25, 0.3) is 0 Å². The number of rotatable bonds is 0. The van der Waals surface area contributed by atoms with Gasteiger partial charge in [-0.15, -0.1) is 0 Å². The van der Waals surface area contributed by atoms with E-state index in [-0.39, 0.29) is 34.9 Å². The molecule has 0 aromatic rings. The molecule has 52 valence electrons. The predicted octanol–water partition coefficient (Wildman–Crippen LogP) is -3.25. The van der Waals surface area contributed by atoms with Crippen LogP contribution in [-0.4, -0.2) is 44.2 Å². The third-order valence-electron chi connectivity index (χ3n) is 0. The van der Waals surface area contributed by atoms with Crippen LogP contribution < -0.4 is 5.34 Å². The molecule has 0 bridgehead atoms. The van der Waals surface area contributed by atoms with Gasteiger partial charge in [0.15, 0.2) is 0 Å². The second-order valence-corrected chi connectivity index (χ2v) is 1.62. The average Bonchev–Trinajstić information content (AvgIpc) is 1.27. The molecule has 0 rings (SSSR count). The Morgan fingerprint density at radius 3 is 1.33 bits per heavy atom. The van der Waals surface area contributed by atoms with Gasteiger partial charge in [-0.25, -0.2) is 4.57 Å². The summed E-state index contributed by atoms with van der Waals surface area (Å²) in [4.78, 5) is 29.7. The second kappa shape index (κ2) is 8.51. The van der Waals surface area contributed by atoms with Crippen LogP contribution in [0.4, 0.5) is 0 Å². The van der Waals surface area contributed by atoms with Crippen LogP contribution in [0.1, 0.15) is 0 Å². The normalized spacial score (nSPS) is 7.89. The third-order valence-corrected chi connectivity index (χ3v) is 0. The van der Waals surface area contributed by atoms with E-state index in [9.17, 15) is 0 Å². The molecule has 0 unspecified atom stereocenters. The molecule has 0 aliphatic rings. The Labute approximate surface area is 72.2 Å². The molecular weight excluding hydrogens is 164 g/mol. The van der Waals surface area contributed by atoms with E-state index in [4.69, 9.17) is 29.4 Å². The third kappa shape index (κ3) is 1390. The molecule has 0 aliphatic heterocycles. The summed E-state index contributed by atoms with van der Waals surface area (Å²) < 4.78 is 8.88. The van der Waals surface area contributed by atoms with Crippen molar-refractivity contribution in [1.29, 1.82) is 0 Å². The van der Waals surface area contributed by atoms with Crippen molar-refractivity contribution in [2.45, 2.75) is 0 Å². The van der Waals surface area contributed by atoms with Gasteiger partial charge < -0.3 is 14.7 Å². The Kier molecular flexibility index (Phi) is 15.4. The van der Waals surface area contributed by atoms with Gasteiger partial charge in [-0.1, -0.05) is 0 Å². The first-order valence-electron chi connectivity index (χ1n) is 1.19. The van der Waals surface area contributed by atoms with Gasteiger partial charge in [-0.3, -0.25) is 10.1 Å². The van der Waals surface area contributed by atoms with Gasteiger partial charge >= 0.3 is 37.4 Å². The Hall–Kier alpha value is 0.510. The van der Waals surface area contributed by atoms with Gasteiger partial charge in [-0.2, -0.15) is 0 Å². The van der Waals surface area contributed by atoms with Gasteiger partial charge in [0, 0.05) is 5.34 Å². The van der Waals surface area contributed by atoms with Crippen molar-refractivity contribution < 1.29 is 24.6 Å². The van der Waals surface area contributed by atoms with E-state index < -0.39 is 7.82 Å². The Bertz CT molecular complexity index is 87.0. The summed E-state index contributed by atoms with van der Waals surface area (Å²) in [6, 6.07) is 0. The summed E-state index contributed by atoms with van der Waals surface area (Å²) >= 11 is 0. The van der Waals surface area contributed by atoms with Crippen molar-refractivity contribution in [2.75, 3.05) is 0 Å². The fourth-order valence-corrected chi connectivity index (χ4v) is 0. The van der Waals surface area contributed by atoms with Crippen LogP contribution in [0.3, 0.4) is 0 Å². The minimum atomic E-state index is -4.64. The molecule has 0 spiro atoms. The number of phosphoric acid groups is 1. The molecule has 0 fully saturated rings. The standard InChI is InChI=1S/HNO2.Na.H3O4P.H/c2-1-3;;1-5(2,3)4;/h1H;;(H3,1,2,3,4);. The van der Waals surface area contributed by atoms with E-state index in [0.717, 1.165) is 0 Å². The first-order valence-corrected chi connectivity index (χ1v) is 2.76. The summed E-state index contributed by atoms with van der Waals surface area (Å²) in [5.74, 6) is 0. The summed E-state index contributed by atoms with van der Waals surface area (Å²) in [5, 5.41) is 8.38. The molecule has 0 amide bonds. The van der Waals surface area contributed by atoms with Crippen LogP contribution >= 0.6 is 7.82 Å². The molecule has 0 aliphatic carbocycles. The van der Waals surface area contributed by atoms with Gasteiger partial charge in [0.2, 0.25) is 0 Å². The summed E-state index contributed by atoms with van der Waals surface area (Å²) in [6.45, 7) is 0. The fourth-order valence-electron chi connectivity index (χ4n) is 0. The topological polar surface area (TPSA) is 132 Å². The fraction of sp³-hybridized carbons (Fsp3) is 0. The Morgan fingerprint density at radius 2 is 1.33 bits per heavy atom. The zero-order valence-electron chi connectivity index (χ0n) is 3.51. The number of hydrogen-bond acceptors (Lipinski definition) is 3. The van der Waals surface area contributed by atoms with Crippen LogP contribution in [0.5, 0.6) is 0 Å². The van der Waals surface area contributed by atoms with Crippen molar-refractivity contribution in [3.05, 3.63) is 10.1 Å². The van der Waals surface area contributed by atoms with E-state index in [1.807, 2.05) is 0 Å². The predicted molar refractivity (Wildman–Crippen MR) is 29.1 cm³/mol. The monoisotopic (exact) mass is 169 g/mol. The number of hydrogen-bond donors (Lipinski definition) is 4. The molecular formula is H5NNaO6P. The molecule has 0 aromatic carbocycles. The maximum absolute atomic E-state index is 8.88. The molecule has 0 saturated heterocycles. The molecule has 0 atom stereocenters. The SMILES string of the molecule is O=P(O)(O)O.O=[NH+][O-].[NaH]. The van der Waals surface area contributed by atoms with Gasteiger partial charge in [0.05, 0.1) is 0 Å². The molecule has 9 heavy (non-hydrogen) atoms. The Balaban J connectivity index is -0.0000000800. The summed E-state index contributed by atoms with van der Waals surface area (Å²) in [6.07, 6.45) is 0. The van der Waals surface area contributed by atoms with Gasteiger partial charge in [-0.05, 0) is 0 Å². The molecule has 7 nitrogen and oxygen atoms in total. The minimum absolute atomic E-state index is 0. The molecule has 0 aromatic heterocycles. The second-order valence-electron chi connectivity index (χ2n) is 0.597. The van der Waals surface area contributed by atoms with E-state index in [1.54, 1.807) is 0 Å². The van der Waals surface area contributed by atoms with Crippen molar-refractivity contribution in [3.8, 4) is 0 Å². The average molecular weight is 169 g/mol. The molecule has 4 N–H and O–H groups in total.